The molecule has 0 aromatic heterocycles. The third-order valence-corrected chi connectivity index (χ3v) is 7.45. The Kier molecular flexibility index (Phi) is 5.77. The summed E-state index contributed by atoms with van der Waals surface area (Å²) in [7, 11) is -1.49. The summed E-state index contributed by atoms with van der Waals surface area (Å²) >= 11 is 0. The number of rotatable bonds is 6. The quantitative estimate of drug-likeness (QED) is 0.608. The maximum Gasteiger partial charge on any atom is 0.227 e. The first kappa shape index (κ1) is 20.4. The lowest BCUT2D eigenvalue weighted by molar-refractivity contribution is -0.133. The molecule has 0 bridgehead atoms. The van der Waals surface area contributed by atoms with Gasteiger partial charge in [-0.25, -0.2) is 8.42 Å². The Balaban J connectivity index is 1.61. The van der Waals surface area contributed by atoms with Gasteiger partial charge in [0.1, 0.15) is 5.75 Å². The molecule has 0 spiro atoms. The topological polar surface area (TPSA) is 63.7 Å². The zero-order valence-corrected chi connectivity index (χ0v) is 17.8. The number of ether oxygens (including phenoxy) is 1. The summed E-state index contributed by atoms with van der Waals surface area (Å²) in [5.41, 5.74) is 1.91. The standard InChI is InChI=1S/C24H25NO4S/c1-29-22-11-9-18(10-12-22)16-25(21-13-14-30(27,28)17-21)24(26)15-20-7-4-6-19-5-2-3-8-23(19)20/h2-12,21H,13-17H2,1H3/t21-/m1/s1. The van der Waals surface area contributed by atoms with Crippen LogP contribution in [0.1, 0.15) is 17.5 Å². The van der Waals surface area contributed by atoms with Crippen molar-refractivity contribution in [2.24, 2.45) is 0 Å². The lowest BCUT2D eigenvalue weighted by atomic mass is 10.0. The van der Waals surface area contributed by atoms with E-state index in [1.54, 1.807) is 12.0 Å². The van der Waals surface area contributed by atoms with Gasteiger partial charge in [-0.3, -0.25) is 4.79 Å². The van der Waals surface area contributed by atoms with E-state index in [9.17, 15) is 13.2 Å². The van der Waals surface area contributed by atoms with Gasteiger partial charge in [0.15, 0.2) is 9.84 Å². The van der Waals surface area contributed by atoms with E-state index in [1.165, 1.54) is 0 Å². The second-order valence-corrected chi connectivity index (χ2v) is 9.97. The van der Waals surface area contributed by atoms with Crippen molar-refractivity contribution in [3.05, 3.63) is 77.9 Å². The van der Waals surface area contributed by atoms with Gasteiger partial charge in [0.2, 0.25) is 5.91 Å². The number of carbonyl (C=O) groups excluding carboxylic acids is 1. The van der Waals surface area contributed by atoms with Crippen LogP contribution in [0.15, 0.2) is 66.7 Å². The first-order chi connectivity index (χ1) is 14.4. The first-order valence-corrected chi connectivity index (χ1v) is 11.9. The molecular formula is C24H25NO4S. The van der Waals surface area contributed by atoms with Gasteiger partial charge < -0.3 is 9.64 Å². The second kappa shape index (κ2) is 8.48. The molecule has 3 aromatic rings. The fourth-order valence-electron chi connectivity index (χ4n) is 4.08. The van der Waals surface area contributed by atoms with E-state index in [-0.39, 0.29) is 29.9 Å². The molecule has 1 heterocycles. The van der Waals surface area contributed by atoms with Crippen LogP contribution in [0.4, 0.5) is 0 Å². The van der Waals surface area contributed by atoms with E-state index in [4.69, 9.17) is 4.74 Å². The highest BCUT2D eigenvalue weighted by molar-refractivity contribution is 7.91. The number of amides is 1. The van der Waals surface area contributed by atoms with E-state index >= 15 is 0 Å². The molecular weight excluding hydrogens is 398 g/mol. The molecule has 1 amide bonds. The average Bonchev–Trinajstić information content (AvgIpc) is 3.12. The van der Waals surface area contributed by atoms with E-state index < -0.39 is 9.84 Å². The fraction of sp³-hybridized carbons (Fsp3) is 0.292. The van der Waals surface area contributed by atoms with Gasteiger partial charge in [0, 0.05) is 12.6 Å². The number of nitrogens with zero attached hydrogens (tertiary/aromatic N) is 1. The summed E-state index contributed by atoms with van der Waals surface area (Å²) in [5, 5.41) is 2.14. The van der Waals surface area contributed by atoms with E-state index in [2.05, 4.69) is 0 Å². The molecule has 0 saturated carbocycles. The number of hydrogen-bond donors (Lipinski definition) is 0. The number of sulfone groups is 1. The van der Waals surface area contributed by atoms with Crippen molar-refractivity contribution in [2.45, 2.75) is 25.4 Å². The maximum atomic E-state index is 13.4. The highest BCUT2D eigenvalue weighted by atomic mass is 32.2. The third kappa shape index (κ3) is 4.49. The van der Waals surface area contributed by atoms with Gasteiger partial charge in [-0.1, -0.05) is 54.6 Å². The summed E-state index contributed by atoms with van der Waals surface area (Å²) in [4.78, 5) is 15.1. The molecule has 0 aliphatic carbocycles. The van der Waals surface area contributed by atoms with Crippen LogP contribution >= 0.6 is 0 Å². The van der Waals surface area contributed by atoms with E-state index in [0.29, 0.717) is 13.0 Å². The third-order valence-electron chi connectivity index (χ3n) is 5.70. The van der Waals surface area contributed by atoms with Crippen molar-refractivity contribution in [3.8, 4) is 5.75 Å². The minimum Gasteiger partial charge on any atom is -0.497 e. The summed E-state index contributed by atoms with van der Waals surface area (Å²) in [6.45, 7) is 0.383. The fourth-order valence-corrected chi connectivity index (χ4v) is 5.81. The van der Waals surface area contributed by atoms with Crippen LogP contribution in [0.5, 0.6) is 5.75 Å². The van der Waals surface area contributed by atoms with Crippen molar-refractivity contribution >= 4 is 26.5 Å². The Morgan fingerprint density at radius 1 is 1.03 bits per heavy atom. The van der Waals surface area contributed by atoms with Crippen molar-refractivity contribution in [3.63, 3.8) is 0 Å². The monoisotopic (exact) mass is 423 g/mol. The molecule has 1 aliphatic heterocycles. The van der Waals surface area contributed by atoms with Gasteiger partial charge in [-0.05, 0) is 40.5 Å². The molecule has 1 saturated heterocycles. The smallest absolute Gasteiger partial charge is 0.227 e. The molecule has 5 nitrogen and oxygen atoms in total. The van der Waals surface area contributed by atoms with Crippen molar-refractivity contribution in [1.29, 1.82) is 0 Å². The second-order valence-electron chi connectivity index (χ2n) is 7.74. The zero-order chi connectivity index (χ0) is 21.1. The minimum absolute atomic E-state index is 0.0322. The molecule has 1 atom stereocenters. The lowest BCUT2D eigenvalue weighted by Crippen LogP contribution is -2.41. The van der Waals surface area contributed by atoms with Crippen LogP contribution in [0.25, 0.3) is 10.8 Å². The molecule has 30 heavy (non-hydrogen) atoms. The highest BCUT2D eigenvalue weighted by Gasteiger charge is 2.34. The highest BCUT2D eigenvalue weighted by Crippen LogP contribution is 2.24. The van der Waals surface area contributed by atoms with Crippen LogP contribution in [0, 0.1) is 0 Å². The Morgan fingerprint density at radius 3 is 2.47 bits per heavy atom. The number of hydrogen-bond acceptors (Lipinski definition) is 4. The average molecular weight is 424 g/mol. The predicted octanol–water partition coefficient (Wildman–Crippen LogP) is 3.61. The van der Waals surface area contributed by atoms with Crippen LogP contribution in [0.2, 0.25) is 0 Å². The van der Waals surface area contributed by atoms with Crippen molar-refractivity contribution in [1.82, 2.24) is 4.90 Å². The number of carbonyl (C=O) groups is 1. The Hall–Kier alpha value is -2.86. The molecule has 4 rings (SSSR count). The molecule has 0 unspecified atom stereocenters. The van der Waals surface area contributed by atoms with E-state index in [1.807, 2.05) is 66.7 Å². The molecule has 156 valence electrons. The van der Waals surface area contributed by atoms with Gasteiger partial charge in [-0.2, -0.15) is 0 Å². The van der Waals surface area contributed by atoms with Crippen molar-refractivity contribution in [2.75, 3.05) is 18.6 Å². The van der Waals surface area contributed by atoms with Crippen LogP contribution in [0.3, 0.4) is 0 Å². The molecule has 0 N–H and O–H groups in total. The first-order valence-electron chi connectivity index (χ1n) is 10.0. The SMILES string of the molecule is COc1ccc(CN(C(=O)Cc2cccc3ccccc23)[C@@H]2CCS(=O)(=O)C2)cc1. The van der Waals surface area contributed by atoms with Crippen LogP contribution in [-0.2, 0) is 27.6 Å². The maximum absolute atomic E-state index is 13.4. The largest absolute Gasteiger partial charge is 0.497 e. The summed E-state index contributed by atoms with van der Waals surface area (Å²) in [6, 6.07) is 21.2. The lowest BCUT2D eigenvalue weighted by Gasteiger charge is -2.29. The van der Waals surface area contributed by atoms with Gasteiger partial charge in [0.05, 0.1) is 25.0 Å². The summed E-state index contributed by atoms with van der Waals surface area (Å²) < 4.78 is 29.4. The van der Waals surface area contributed by atoms with Gasteiger partial charge in [-0.15, -0.1) is 0 Å². The number of fused-ring (bicyclic) bond motifs is 1. The van der Waals surface area contributed by atoms with Gasteiger partial charge in [0.25, 0.3) is 0 Å². The predicted molar refractivity (Wildman–Crippen MR) is 118 cm³/mol. The zero-order valence-electron chi connectivity index (χ0n) is 17.0. The molecule has 3 aromatic carbocycles. The minimum atomic E-state index is -3.10. The Labute approximate surface area is 177 Å². The summed E-state index contributed by atoms with van der Waals surface area (Å²) in [5.74, 6) is 0.864. The van der Waals surface area contributed by atoms with E-state index in [0.717, 1.165) is 27.6 Å². The Bertz CT molecular complexity index is 1150. The molecule has 1 fully saturated rings. The summed E-state index contributed by atoms with van der Waals surface area (Å²) in [6.07, 6.45) is 0.730. The number of benzene rings is 3. The normalized spacial score (nSPS) is 17.7. The van der Waals surface area contributed by atoms with Gasteiger partial charge >= 0.3 is 0 Å². The van der Waals surface area contributed by atoms with Crippen molar-refractivity contribution < 1.29 is 17.9 Å². The van der Waals surface area contributed by atoms with Crippen LogP contribution < -0.4 is 4.74 Å². The molecule has 0 radical (unpaired) electrons. The van der Waals surface area contributed by atoms with Crippen LogP contribution in [-0.4, -0.2) is 43.9 Å². The molecule has 1 aliphatic rings. The Morgan fingerprint density at radius 2 is 1.77 bits per heavy atom. The number of methoxy groups -OCH3 is 1. The molecule has 6 heteroatoms.